The number of thioether (sulfide) groups is 1. The molecule has 31 heavy (non-hydrogen) atoms. The summed E-state index contributed by atoms with van der Waals surface area (Å²) >= 11 is 1.04. The van der Waals surface area contributed by atoms with Crippen molar-refractivity contribution in [2.45, 2.75) is 62.6 Å². The fourth-order valence-corrected chi connectivity index (χ4v) is 4.41. The van der Waals surface area contributed by atoms with Gasteiger partial charge in [0.05, 0.1) is 16.9 Å². The topological polar surface area (TPSA) is 59.8 Å². The van der Waals surface area contributed by atoms with E-state index in [0.717, 1.165) is 43.9 Å². The number of aryl methyl sites for hydroxylation is 1. The van der Waals surface area contributed by atoms with E-state index >= 15 is 0 Å². The van der Waals surface area contributed by atoms with Crippen LogP contribution in [0.3, 0.4) is 0 Å². The first kappa shape index (κ1) is 23.4. The molecule has 0 radical (unpaired) electrons. The predicted molar refractivity (Wildman–Crippen MR) is 103 cm³/mol. The van der Waals surface area contributed by atoms with Crippen molar-refractivity contribution in [2.75, 3.05) is 11.1 Å². The Morgan fingerprint density at radius 3 is 2.16 bits per heavy atom. The predicted octanol–water partition coefficient (Wildman–Crippen LogP) is 5.86. The van der Waals surface area contributed by atoms with Gasteiger partial charge in [0.1, 0.15) is 5.82 Å². The Balaban J connectivity index is 1.72. The number of nitrogens with one attached hydrogen (secondary N) is 1. The maximum absolute atomic E-state index is 13.0. The number of benzene rings is 1. The lowest BCUT2D eigenvalue weighted by molar-refractivity contribution is -0.143. The number of alkyl halides is 6. The van der Waals surface area contributed by atoms with E-state index in [2.05, 4.69) is 15.5 Å². The van der Waals surface area contributed by atoms with Crippen molar-refractivity contribution in [2.24, 2.45) is 0 Å². The number of rotatable bonds is 5. The zero-order valence-corrected chi connectivity index (χ0v) is 17.3. The molecule has 1 saturated carbocycles. The number of hydrogen-bond acceptors (Lipinski definition) is 4. The van der Waals surface area contributed by atoms with Gasteiger partial charge in [-0.25, -0.2) is 0 Å². The average molecular weight is 466 g/mol. The number of halogens is 6. The van der Waals surface area contributed by atoms with E-state index < -0.39 is 35.1 Å². The molecule has 1 N–H and O–H groups in total. The zero-order valence-electron chi connectivity index (χ0n) is 16.5. The molecule has 0 spiro atoms. The SMILES string of the molecule is Cc1nnc(SCC(=O)Nc2cc(C(F)(F)F)cc(C(F)(F)F)c2)n1C1CCCCC1. The molecule has 1 heterocycles. The van der Waals surface area contributed by atoms with Gasteiger partial charge >= 0.3 is 12.4 Å². The molecule has 2 aromatic rings. The van der Waals surface area contributed by atoms with E-state index in [1.165, 1.54) is 0 Å². The highest BCUT2D eigenvalue weighted by Gasteiger charge is 2.37. The second-order valence-corrected chi connectivity index (χ2v) is 8.27. The van der Waals surface area contributed by atoms with Crippen LogP contribution in [-0.2, 0) is 17.1 Å². The van der Waals surface area contributed by atoms with Crippen molar-refractivity contribution in [1.82, 2.24) is 14.8 Å². The Kier molecular flexibility index (Phi) is 6.87. The van der Waals surface area contributed by atoms with Gasteiger partial charge in [0.2, 0.25) is 5.91 Å². The highest BCUT2D eigenvalue weighted by Crippen LogP contribution is 2.38. The maximum atomic E-state index is 13.0. The minimum Gasteiger partial charge on any atom is -0.325 e. The van der Waals surface area contributed by atoms with Crippen molar-refractivity contribution in [1.29, 1.82) is 0 Å². The van der Waals surface area contributed by atoms with Gasteiger partial charge in [-0.1, -0.05) is 31.0 Å². The van der Waals surface area contributed by atoms with Gasteiger partial charge in [0.25, 0.3) is 0 Å². The number of hydrogen-bond donors (Lipinski definition) is 1. The van der Waals surface area contributed by atoms with Crippen LogP contribution in [0, 0.1) is 6.92 Å². The third kappa shape index (κ3) is 5.92. The van der Waals surface area contributed by atoms with Gasteiger partial charge in [-0.15, -0.1) is 10.2 Å². The van der Waals surface area contributed by atoms with E-state index in [1.54, 1.807) is 6.92 Å². The Morgan fingerprint density at radius 2 is 1.61 bits per heavy atom. The molecule has 170 valence electrons. The molecule has 1 aliphatic carbocycles. The quantitative estimate of drug-likeness (QED) is 0.443. The molecule has 0 saturated heterocycles. The summed E-state index contributed by atoms with van der Waals surface area (Å²) in [6.07, 6.45) is -4.74. The van der Waals surface area contributed by atoms with E-state index in [4.69, 9.17) is 0 Å². The number of nitrogens with zero attached hydrogens (tertiary/aromatic N) is 3. The van der Waals surface area contributed by atoms with Crippen molar-refractivity contribution in [3.63, 3.8) is 0 Å². The van der Waals surface area contributed by atoms with Gasteiger partial charge in [-0.3, -0.25) is 4.79 Å². The smallest absolute Gasteiger partial charge is 0.325 e. The summed E-state index contributed by atoms with van der Waals surface area (Å²) in [5.74, 6) is -0.279. The molecule has 1 aromatic heterocycles. The summed E-state index contributed by atoms with van der Waals surface area (Å²) in [4.78, 5) is 12.3. The molecule has 0 bridgehead atoms. The minimum atomic E-state index is -4.98. The van der Waals surface area contributed by atoms with Crippen LogP contribution >= 0.6 is 11.8 Å². The second kappa shape index (κ2) is 9.09. The highest BCUT2D eigenvalue weighted by atomic mass is 32.2. The van der Waals surface area contributed by atoms with Crippen molar-refractivity contribution < 1.29 is 31.1 Å². The fourth-order valence-electron chi connectivity index (χ4n) is 3.56. The monoisotopic (exact) mass is 466 g/mol. The number of aromatic nitrogens is 3. The van der Waals surface area contributed by atoms with Crippen LogP contribution in [0.2, 0.25) is 0 Å². The van der Waals surface area contributed by atoms with Gasteiger partial charge < -0.3 is 9.88 Å². The fraction of sp³-hybridized carbons (Fsp3) is 0.526. The molecule has 1 fully saturated rings. The largest absolute Gasteiger partial charge is 0.416 e. The molecule has 1 aromatic carbocycles. The number of amides is 1. The zero-order chi connectivity index (χ0) is 22.8. The average Bonchev–Trinajstić information content (AvgIpc) is 3.06. The Hall–Kier alpha value is -2.24. The van der Waals surface area contributed by atoms with Gasteiger partial charge in [-0.2, -0.15) is 26.3 Å². The Labute approximate surface area is 178 Å². The molecule has 0 atom stereocenters. The van der Waals surface area contributed by atoms with Crippen LogP contribution in [0.1, 0.15) is 55.1 Å². The van der Waals surface area contributed by atoms with E-state index in [0.29, 0.717) is 23.1 Å². The summed E-state index contributed by atoms with van der Waals surface area (Å²) in [6.45, 7) is 1.80. The molecule has 1 aliphatic rings. The summed E-state index contributed by atoms with van der Waals surface area (Å²) in [5, 5.41) is 10.7. The summed E-state index contributed by atoms with van der Waals surface area (Å²) in [6, 6.07) is 1.19. The molecule has 0 unspecified atom stereocenters. The minimum absolute atomic E-state index is 0.0137. The van der Waals surface area contributed by atoms with E-state index in [-0.39, 0.29) is 17.9 Å². The second-order valence-electron chi connectivity index (χ2n) is 7.32. The molecular formula is C19H20F6N4OS. The normalized spacial score (nSPS) is 15.8. The summed E-state index contributed by atoms with van der Waals surface area (Å²) < 4.78 is 79.7. The first-order valence-corrected chi connectivity index (χ1v) is 10.6. The lowest BCUT2D eigenvalue weighted by Crippen LogP contribution is -2.18. The molecule has 12 heteroatoms. The van der Waals surface area contributed by atoms with Gasteiger partial charge in [0.15, 0.2) is 5.16 Å². The van der Waals surface area contributed by atoms with Crippen LogP contribution in [-0.4, -0.2) is 26.4 Å². The number of carbonyl (C=O) groups is 1. The van der Waals surface area contributed by atoms with Crippen LogP contribution in [0.25, 0.3) is 0 Å². The third-order valence-corrected chi connectivity index (χ3v) is 5.92. The molecule has 3 rings (SSSR count). The maximum Gasteiger partial charge on any atom is 0.416 e. The first-order valence-electron chi connectivity index (χ1n) is 9.59. The number of anilines is 1. The third-order valence-electron chi connectivity index (χ3n) is 4.98. The lowest BCUT2D eigenvalue weighted by atomic mass is 9.95. The highest BCUT2D eigenvalue weighted by molar-refractivity contribution is 7.99. The Morgan fingerprint density at radius 1 is 1.03 bits per heavy atom. The van der Waals surface area contributed by atoms with Crippen LogP contribution in [0.15, 0.2) is 23.4 Å². The summed E-state index contributed by atoms with van der Waals surface area (Å²) in [5.41, 5.74) is -3.55. The summed E-state index contributed by atoms with van der Waals surface area (Å²) in [7, 11) is 0. The standard InChI is InChI=1S/C19H20F6N4OS/c1-11-27-28-17(29(11)15-5-3-2-4-6-15)31-10-16(30)26-14-8-12(18(20,21)22)7-13(9-14)19(23,24)25/h7-9,15H,2-6,10H2,1H3,(H,26,30). The van der Waals surface area contributed by atoms with Crippen molar-refractivity contribution >= 4 is 23.4 Å². The van der Waals surface area contributed by atoms with E-state index in [9.17, 15) is 31.1 Å². The molecule has 5 nitrogen and oxygen atoms in total. The lowest BCUT2D eigenvalue weighted by Gasteiger charge is -2.24. The number of carbonyl (C=O) groups excluding carboxylic acids is 1. The molecule has 1 amide bonds. The van der Waals surface area contributed by atoms with Crippen molar-refractivity contribution in [3.8, 4) is 0 Å². The first-order chi connectivity index (χ1) is 14.4. The van der Waals surface area contributed by atoms with Crippen LogP contribution in [0.5, 0.6) is 0 Å². The van der Waals surface area contributed by atoms with E-state index in [1.807, 2.05) is 4.57 Å². The van der Waals surface area contributed by atoms with Gasteiger partial charge in [-0.05, 0) is 38.0 Å². The van der Waals surface area contributed by atoms with Crippen LogP contribution in [0.4, 0.5) is 32.0 Å². The van der Waals surface area contributed by atoms with Crippen molar-refractivity contribution in [3.05, 3.63) is 35.2 Å². The van der Waals surface area contributed by atoms with Crippen LogP contribution < -0.4 is 5.32 Å². The Bertz CT molecular complexity index is 902. The van der Waals surface area contributed by atoms with Gasteiger partial charge in [0, 0.05) is 11.7 Å². The molecule has 0 aliphatic heterocycles. The molecular weight excluding hydrogens is 446 g/mol.